The average Bonchev–Trinajstić information content (AvgIpc) is 2.90. The fourth-order valence-corrected chi connectivity index (χ4v) is 4.18. The number of hydrogen-bond acceptors (Lipinski definition) is 3. The summed E-state index contributed by atoms with van der Waals surface area (Å²) >= 11 is 6.26. The Bertz CT molecular complexity index is 1150. The minimum Gasteiger partial charge on any atom is -0.508 e. The number of nitrogens with one attached hydrogen (secondary N) is 1. The Kier molecular flexibility index (Phi) is 6.10. The number of aromatic hydroxyl groups is 1. The first-order chi connectivity index (χ1) is 15.0. The summed E-state index contributed by atoms with van der Waals surface area (Å²) in [6.45, 7) is 4.31. The molecule has 1 aliphatic rings. The van der Waals surface area contributed by atoms with E-state index < -0.39 is 6.04 Å². The molecule has 1 aliphatic heterocycles. The number of aryl methyl sites for hydroxylation is 2. The predicted octanol–water partition coefficient (Wildman–Crippen LogP) is 5.57. The second-order valence-corrected chi connectivity index (χ2v) is 8.17. The Morgan fingerprint density at radius 1 is 0.968 bits per heavy atom. The first-order valence-electron chi connectivity index (χ1n) is 10.6. The molecule has 158 valence electrons. The summed E-state index contributed by atoms with van der Waals surface area (Å²) in [6.07, 6.45) is 2.46. The van der Waals surface area contributed by atoms with Crippen molar-refractivity contribution in [3.63, 3.8) is 0 Å². The fraction of sp³-hybridized carbons (Fsp3) is 0.231. The van der Waals surface area contributed by atoms with Crippen LogP contribution in [0.15, 0.2) is 65.7 Å². The molecule has 1 heterocycles. The predicted molar refractivity (Wildman–Crippen MR) is 127 cm³/mol. The van der Waals surface area contributed by atoms with Crippen LogP contribution in [0.5, 0.6) is 5.75 Å². The summed E-state index contributed by atoms with van der Waals surface area (Å²) in [5.74, 6) is 0.0353. The molecule has 3 aromatic carbocycles. The van der Waals surface area contributed by atoms with E-state index in [1.165, 1.54) is 11.1 Å². The van der Waals surface area contributed by atoms with E-state index in [0.29, 0.717) is 22.8 Å². The van der Waals surface area contributed by atoms with E-state index in [1.54, 1.807) is 36.4 Å². The van der Waals surface area contributed by atoms with Crippen LogP contribution in [-0.4, -0.2) is 22.8 Å². The molecule has 2 N–H and O–H groups in total. The number of carbonyl (C=O) groups is 1. The molecule has 0 radical (unpaired) electrons. The van der Waals surface area contributed by atoms with Crippen LogP contribution in [0.25, 0.3) is 0 Å². The summed E-state index contributed by atoms with van der Waals surface area (Å²) in [4.78, 5) is 18.0. The lowest BCUT2D eigenvalue weighted by Gasteiger charge is -2.14. The number of hydrogen-bond donors (Lipinski definition) is 2. The van der Waals surface area contributed by atoms with Crippen LogP contribution in [0.2, 0.25) is 5.02 Å². The summed E-state index contributed by atoms with van der Waals surface area (Å²) < 4.78 is 0. The van der Waals surface area contributed by atoms with Crippen molar-refractivity contribution in [1.82, 2.24) is 0 Å². The minimum absolute atomic E-state index is 0.144. The molecule has 31 heavy (non-hydrogen) atoms. The molecule has 0 aliphatic carbocycles. The van der Waals surface area contributed by atoms with Gasteiger partial charge in [-0.1, -0.05) is 43.6 Å². The number of aliphatic imine (C=N–C) groups is 1. The Labute approximate surface area is 187 Å². The number of benzodiazepines with no additional fused rings is 1. The average molecular weight is 433 g/mol. The highest BCUT2D eigenvalue weighted by molar-refractivity contribution is 6.32. The maximum Gasteiger partial charge on any atom is 0.249 e. The SMILES string of the molecule is CCc1ccc(CC2N=C(c3ccc(O)cc3)c3cc(Cl)ccc3NC2=O)cc1CC. The fourth-order valence-electron chi connectivity index (χ4n) is 4.01. The molecule has 1 atom stereocenters. The highest BCUT2D eigenvalue weighted by Crippen LogP contribution is 2.29. The molecule has 0 saturated heterocycles. The van der Waals surface area contributed by atoms with E-state index in [4.69, 9.17) is 16.6 Å². The number of nitrogens with zero attached hydrogens (tertiary/aromatic N) is 1. The molecule has 0 spiro atoms. The number of benzene rings is 3. The molecule has 5 heteroatoms. The molecule has 3 aromatic rings. The lowest BCUT2D eigenvalue weighted by Crippen LogP contribution is -2.27. The van der Waals surface area contributed by atoms with Crippen LogP contribution in [0, 0.1) is 0 Å². The lowest BCUT2D eigenvalue weighted by molar-refractivity contribution is -0.117. The zero-order valence-corrected chi connectivity index (χ0v) is 18.4. The van der Waals surface area contributed by atoms with Gasteiger partial charge in [-0.2, -0.15) is 0 Å². The zero-order chi connectivity index (χ0) is 22.0. The number of carbonyl (C=O) groups excluding carboxylic acids is 1. The summed E-state index contributed by atoms with van der Waals surface area (Å²) in [5, 5.41) is 13.3. The van der Waals surface area contributed by atoms with Crippen LogP contribution in [-0.2, 0) is 24.1 Å². The van der Waals surface area contributed by atoms with E-state index in [2.05, 4.69) is 37.4 Å². The van der Waals surface area contributed by atoms with E-state index >= 15 is 0 Å². The molecule has 0 fully saturated rings. The largest absolute Gasteiger partial charge is 0.508 e. The Morgan fingerprint density at radius 2 is 1.71 bits per heavy atom. The van der Waals surface area contributed by atoms with Crippen molar-refractivity contribution in [3.8, 4) is 5.75 Å². The molecule has 4 nitrogen and oxygen atoms in total. The van der Waals surface area contributed by atoms with Crippen LogP contribution < -0.4 is 5.32 Å². The zero-order valence-electron chi connectivity index (χ0n) is 17.7. The van der Waals surface area contributed by atoms with E-state index in [0.717, 1.165) is 29.5 Å². The van der Waals surface area contributed by atoms with Crippen molar-refractivity contribution in [3.05, 3.63) is 93.5 Å². The van der Waals surface area contributed by atoms with Crippen LogP contribution in [0.3, 0.4) is 0 Å². The first kappa shape index (κ1) is 21.1. The smallest absolute Gasteiger partial charge is 0.249 e. The molecule has 1 unspecified atom stereocenters. The van der Waals surface area contributed by atoms with Gasteiger partial charge < -0.3 is 10.4 Å². The Morgan fingerprint density at radius 3 is 2.42 bits per heavy atom. The lowest BCUT2D eigenvalue weighted by atomic mass is 9.96. The van der Waals surface area contributed by atoms with Crippen molar-refractivity contribution in [1.29, 1.82) is 0 Å². The van der Waals surface area contributed by atoms with Crippen molar-refractivity contribution in [2.24, 2.45) is 4.99 Å². The monoisotopic (exact) mass is 432 g/mol. The van der Waals surface area contributed by atoms with Gasteiger partial charge >= 0.3 is 0 Å². The van der Waals surface area contributed by atoms with E-state index in [9.17, 15) is 9.90 Å². The van der Waals surface area contributed by atoms with Gasteiger partial charge in [0.15, 0.2) is 0 Å². The molecule has 4 rings (SSSR count). The third-order valence-electron chi connectivity index (χ3n) is 5.68. The number of anilines is 1. The topological polar surface area (TPSA) is 61.7 Å². The van der Waals surface area contributed by atoms with Gasteiger partial charge in [-0.25, -0.2) is 0 Å². The Balaban J connectivity index is 1.78. The van der Waals surface area contributed by atoms with Crippen LogP contribution in [0.4, 0.5) is 5.69 Å². The number of halogens is 1. The van der Waals surface area contributed by atoms with Gasteiger partial charge in [0.2, 0.25) is 5.91 Å². The van der Waals surface area contributed by atoms with Crippen molar-refractivity contribution < 1.29 is 9.90 Å². The normalized spacial score (nSPS) is 15.6. The maximum absolute atomic E-state index is 13.1. The molecule has 0 bridgehead atoms. The van der Waals surface area contributed by atoms with Gasteiger partial charge in [-0.05, 0) is 72.0 Å². The maximum atomic E-state index is 13.1. The van der Waals surface area contributed by atoms with Crippen molar-refractivity contribution in [2.75, 3.05) is 5.32 Å². The summed E-state index contributed by atoms with van der Waals surface area (Å²) in [5.41, 5.74) is 6.69. The molecular formula is C26H25ClN2O2. The van der Waals surface area contributed by atoms with Crippen molar-refractivity contribution >= 4 is 28.9 Å². The van der Waals surface area contributed by atoms with Gasteiger partial charge in [0.25, 0.3) is 0 Å². The van der Waals surface area contributed by atoms with Gasteiger partial charge in [0.05, 0.1) is 11.4 Å². The third-order valence-corrected chi connectivity index (χ3v) is 5.92. The molecule has 0 saturated carbocycles. The van der Waals surface area contributed by atoms with Crippen molar-refractivity contribution in [2.45, 2.75) is 39.2 Å². The highest BCUT2D eigenvalue weighted by atomic mass is 35.5. The quantitative estimate of drug-likeness (QED) is 0.553. The highest BCUT2D eigenvalue weighted by Gasteiger charge is 2.26. The molecule has 0 aromatic heterocycles. The van der Waals surface area contributed by atoms with Gasteiger partial charge in [-0.3, -0.25) is 9.79 Å². The van der Waals surface area contributed by atoms with Crippen LogP contribution >= 0.6 is 11.6 Å². The second kappa shape index (κ2) is 8.94. The second-order valence-electron chi connectivity index (χ2n) is 7.73. The number of phenolic OH excluding ortho intramolecular Hbond substituents is 1. The first-order valence-corrected chi connectivity index (χ1v) is 10.9. The number of amides is 1. The van der Waals surface area contributed by atoms with Crippen LogP contribution in [0.1, 0.15) is 41.7 Å². The minimum atomic E-state index is -0.577. The van der Waals surface area contributed by atoms with Gasteiger partial charge in [0.1, 0.15) is 11.8 Å². The standard InChI is InChI=1S/C26H25ClN2O2/c1-3-17-6-5-16(13-18(17)4-2)14-24-26(31)29-23-12-9-20(27)15-22(23)25(28-24)19-7-10-21(30)11-8-19/h5-13,15,24,30H,3-4,14H2,1-2H3,(H,29,31). The Hall–Kier alpha value is -3.11. The van der Waals surface area contributed by atoms with E-state index in [1.807, 2.05) is 6.07 Å². The molecular weight excluding hydrogens is 408 g/mol. The third kappa shape index (κ3) is 4.49. The van der Waals surface area contributed by atoms with E-state index in [-0.39, 0.29) is 11.7 Å². The van der Waals surface area contributed by atoms with Gasteiger partial charge in [0, 0.05) is 22.6 Å². The summed E-state index contributed by atoms with van der Waals surface area (Å²) in [6, 6.07) is 18.1. The number of fused-ring (bicyclic) bond motifs is 1. The van der Waals surface area contributed by atoms with Gasteiger partial charge in [-0.15, -0.1) is 0 Å². The number of rotatable bonds is 5. The number of phenols is 1. The summed E-state index contributed by atoms with van der Waals surface area (Å²) in [7, 11) is 0. The molecule has 1 amide bonds.